The summed E-state index contributed by atoms with van der Waals surface area (Å²) in [5.74, 6) is 0. The molecule has 0 atom stereocenters. The van der Waals surface area contributed by atoms with Crippen LogP contribution in [0.3, 0.4) is 0 Å². The Hall–Kier alpha value is -1.09. The lowest BCUT2D eigenvalue weighted by Gasteiger charge is -2.03. The molecular weight excluding hydrogens is 242 g/mol. The third kappa shape index (κ3) is 1.48. The first kappa shape index (κ1) is 9.46. The van der Waals surface area contributed by atoms with Crippen molar-refractivity contribution in [2.24, 2.45) is 0 Å². The van der Waals surface area contributed by atoms with Gasteiger partial charge in [0.15, 0.2) is 0 Å². The van der Waals surface area contributed by atoms with Crippen molar-refractivity contribution >= 4 is 26.7 Å². The number of hydrogen-bond donors (Lipinski definition) is 1. The zero-order valence-electron chi connectivity index (χ0n) is 8.02. The maximum absolute atomic E-state index is 11.6. The first-order valence-electron chi connectivity index (χ1n) is 4.38. The predicted octanol–water partition coefficient (Wildman–Crippen LogP) is 2.91. The van der Waals surface area contributed by atoms with Crippen LogP contribution < -0.4 is 5.56 Å². The molecule has 1 aromatic heterocycles. The van der Waals surface area contributed by atoms with Gasteiger partial charge in [0, 0.05) is 20.9 Å². The topological polar surface area (TPSA) is 32.9 Å². The van der Waals surface area contributed by atoms with Crippen LogP contribution in [-0.4, -0.2) is 4.98 Å². The number of H-pyrrole nitrogens is 1. The molecule has 0 aliphatic heterocycles. The summed E-state index contributed by atoms with van der Waals surface area (Å²) in [7, 11) is 0. The molecule has 72 valence electrons. The summed E-state index contributed by atoms with van der Waals surface area (Å²) in [6.07, 6.45) is 0. The quantitative estimate of drug-likeness (QED) is 0.768. The SMILES string of the molecule is Cc1cc(Br)c2cc(C)[nH]c(=O)c2c1. The summed E-state index contributed by atoms with van der Waals surface area (Å²) in [5.41, 5.74) is 1.94. The second-order valence-corrected chi connectivity index (χ2v) is 4.34. The molecule has 0 fully saturated rings. The Morgan fingerprint density at radius 2 is 1.86 bits per heavy atom. The van der Waals surface area contributed by atoms with Crippen LogP contribution >= 0.6 is 15.9 Å². The summed E-state index contributed by atoms with van der Waals surface area (Å²) < 4.78 is 0.974. The number of rotatable bonds is 0. The van der Waals surface area contributed by atoms with Crippen LogP contribution in [0.2, 0.25) is 0 Å². The Morgan fingerprint density at radius 3 is 2.57 bits per heavy atom. The molecule has 0 bridgehead atoms. The molecule has 1 heterocycles. The van der Waals surface area contributed by atoms with Crippen LogP contribution in [0.1, 0.15) is 11.3 Å². The number of aromatic amines is 1. The van der Waals surface area contributed by atoms with Gasteiger partial charge in [0.2, 0.25) is 0 Å². The highest BCUT2D eigenvalue weighted by Crippen LogP contribution is 2.23. The van der Waals surface area contributed by atoms with Gasteiger partial charge in [-0.15, -0.1) is 0 Å². The van der Waals surface area contributed by atoms with E-state index >= 15 is 0 Å². The van der Waals surface area contributed by atoms with Crippen molar-refractivity contribution in [3.05, 3.63) is 44.3 Å². The van der Waals surface area contributed by atoms with Crippen molar-refractivity contribution in [1.82, 2.24) is 4.98 Å². The Morgan fingerprint density at radius 1 is 1.14 bits per heavy atom. The predicted molar refractivity (Wildman–Crippen MR) is 61.7 cm³/mol. The van der Waals surface area contributed by atoms with E-state index in [-0.39, 0.29) is 5.56 Å². The van der Waals surface area contributed by atoms with Crippen LogP contribution in [-0.2, 0) is 0 Å². The van der Waals surface area contributed by atoms with E-state index in [1.165, 1.54) is 0 Å². The van der Waals surface area contributed by atoms with E-state index in [1.54, 1.807) is 0 Å². The molecule has 14 heavy (non-hydrogen) atoms. The van der Waals surface area contributed by atoms with Crippen LogP contribution in [0.5, 0.6) is 0 Å². The Bertz CT molecular complexity index is 557. The first-order valence-corrected chi connectivity index (χ1v) is 5.17. The van der Waals surface area contributed by atoms with Crippen molar-refractivity contribution < 1.29 is 0 Å². The fraction of sp³-hybridized carbons (Fsp3) is 0.182. The van der Waals surface area contributed by atoms with E-state index in [0.717, 1.165) is 26.5 Å². The van der Waals surface area contributed by atoms with Crippen LogP contribution in [0.15, 0.2) is 27.5 Å². The van der Waals surface area contributed by atoms with E-state index in [9.17, 15) is 4.79 Å². The lowest BCUT2D eigenvalue weighted by molar-refractivity contribution is 1.17. The molecule has 2 rings (SSSR count). The van der Waals surface area contributed by atoms with Gasteiger partial charge in [-0.25, -0.2) is 0 Å². The zero-order valence-corrected chi connectivity index (χ0v) is 9.60. The number of aryl methyl sites for hydroxylation is 2. The van der Waals surface area contributed by atoms with Gasteiger partial charge >= 0.3 is 0 Å². The molecule has 0 saturated carbocycles. The molecule has 3 heteroatoms. The van der Waals surface area contributed by atoms with Crippen molar-refractivity contribution in [3.63, 3.8) is 0 Å². The molecule has 0 spiro atoms. The number of halogens is 1. The summed E-state index contributed by atoms with van der Waals surface area (Å²) >= 11 is 3.46. The normalized spacial score (nSPS) is 10.8. The molecule has 0 aliphatic rings. The van der Waals surface area contributed by atoms with E-state index < -0.39 is 0 Å². The Labute approximate surface area is 90.1 Å². The Kier molecular flexibility index (Phi) is 2.19. The average molecular weight is 252 g/mol. The van der Waals surface area contributed by atoms with Gasteiger partial charge in [0.1, 0.15) is 0 Å². The molecule has 2 nitrogen and oxygen atoms in total. The second-order valence-electron chi connectivity index (χ2n) is 3.49. The number of benzene rings is 1. The van der Waals surface area contributed by atoms with E-state index in [4.69, 9.17) is 0 Å². The summed E-state index contributed by atoms with van der Waals surface area (Å²) in [6.45, 7) is 3.86. The van der Waals surface area contributed by atoms with Crippen LogP contribution in [0.25, 0.3) is 10.8 Å². The van der Waals surface area contributed by atoms with Gasteiger partial charge in [-0.05, 0) is 37.6 Å². The molecule has 1 aromatic carbocycles. The first-order chi connectivity index (χ1) is 6.58. The number of pyridine rings is 1. The number of aromatic nitrogens is 1. The molecule has 0 radical (unpaired) electrons. The number of nitrogens with one attached hydrogen (secondary N) is 1. The number of fused-ring (bicyclic) bond motifs is 1. The largest absolute Gasteiger partial charge is 0.326 e. The minimum absolute atomic E-state index is 0.0237. The highest BCUT2D eigenvalue weighted by Gasteiger charge is 2.03. The number of hydrogen-bond acceptors (Lipinski definition) is 1. The van der Waals surface area contributed by atoms with Gasteiger partial charge in [0.25, 0.3) is 5.56 Å². The molecular formula is C11H10BrNO. The fourth-order valence-corrected chi connectivity index (χ4v) is 2.28. The summed E-state index contributed by atoms with van der Waals surface area (Å²) in [5, 5.41) is 1.71. The third-order valence-electron chi connectivity index (χ3n) is 2.19. The van der Waals surface area contributed by atoms with Crippen molar-refractivity contribution in [2.45, 2.75) is 13.8 Å². The van der Waals surface area contributed by atoms with E-state index in [1.807, 2.05) is 32.0 Å². The molecule has 0 saturated heterocycles. The van der Waals surface area contributed by atoms with Crippen molar-refractivity contribution in [2.75, 3.05) is 0 Å². The highest BCUT2D eigenvalue weighted by molar-refractivity contribution is 9.10. The summed E-state index contributed by atoms with van der Waals surface area (Å²) in [4.78, 5) is 14.4. The fourth-order valence-electron chi connectivity index (χ4n) is 1.59. The monoisotopic (exact) mass is 251 g/mol. The van der Waals surface area contributed by atoms with Gasteiger partial charge in [0.05, 0.1) is 0 Å². The zero-order chi connectivity index (χ0) is 10.3. The molecule has 2 aromatic rings. The lowest BCUT2D eigenvalue weighted by Crippen LogP contribution is -2.07. The van der Waals surface area contributed by atoms with Crippen LogP contribution in [0.4, 0.5) is 0 Å². The highest BCUT2D eigenvalue weighted by atomic mass is 79.9. The molecule has 0 aliphatic carbocycles. The van der Waals surface area contributed by atoms with Crippen molar-refractivity contribution in [3.8, 4) is 0 Å². The summed E-state index contributed by atoms with van der Waals surface area (Å²) in [6, 6.07) is 5.89. The smallest absolute Gasteiger partial charge is 0.256 e. The van der Waals surface area contributed by atoms with E-state index in [2.05, 4.69) is 20.9 Å². The maximum atomic E-state index is 11.6. The van der Waals surface area contributed by atoms with Crippen molar-refractivity contribution in [1.29, 1.82) is 0 Å². The van der Waals surface area contributed by atoms with Crippen LogP contribution in [0, 0.1) is 13.8 Å². The third-order valence-corrected chi connectivity index (χ3v) is 2.85. The average Bonchev–Trinajstić information content (AvgIpc) is 2.07. The minimum atomic E-state index is -0.0237. The minimum Gasteiger partial charge on any atom is -0.326 e. The Balaban J connectivity index is 3.02. The molecule has 1 N–H and O–H groups in total. The van der Waals surface area contributed by atoms with Gasteiger partial charge < -0.3 is 4.98 Å². The second kappa shape index (κ2) is 3.24. The van der Waals surface area contributed by atoms with Gasteiger partial charge in [-0.1, -0.05) is 15.9 Å². The van der Waals surface area contributed by atoms with Gasteiger partial charge in [-0.3, -0.25) is 4.79 Å². The lowest BCUT2D eigenvalue weighted by atomic mass is 10.1. The molecule has 0 amide bonds. The molecule has 0 unspecified atom stereocenters. The van der Waals surface area contributed by atoms with E-state index in [0.29, 0.717) is 0 Å². The standard InChI is InChI=1S/C11H10BrNO/c1-6-3-9-8(10(12)4-6)5-7(2)13-11(9)14/h3-5H,1-2H3,(H,13,14). The maximum Gasteiger partial charge on any atom is 0.256 e. The van der Waals surface area contributed by atoms with Gasteiger partial charge in [-0.2, -0.15) is 0 Å².